The molecule has 1 aromatic carbocycles. The average molecular weight is 472 g/mol. The zero-order valence-corrected chi connectivity index (χ0v) is 21.3. The molecule has 0 saturated carbocycles. The Morgan fingerprint density at radius 1 is 1.21 bits per heavy atom. The van der Waals surface area contributed by atoms with Gasteiger partial charge >= 0.3 is 6.03 Å². The number of aryl methyl sites for hydroxylation is 1. The van der Waals surface area contributed by atoms with Crippen molar-refractivity contribution in [2.75, 3.05) is 26.2 Å². The van der Waals surface area contributed by atoms with Crippen LogP contribution in [0.2, 0.25) is 0 Å². The SMILES string of the molecule is CC[C@@H](C)CN(CC(=O)N1CCc2sccc2[C@@H]1COc1ccc(C)cc1)C(=O)NC(C)C. The minimum Gasteiger partial charge on any atom is -0.491 e. The first-order valence-corrected chi connectivity index (χ1v) is 12.8. The molecule has 2 heterocycles. The van der Waals surface area contributed by atoms with Gasteiger partial charge in [0.25, 0.3) is 0 Å². The van der Waals surface area contributed by atoms with Gasteiger partial charge in [-0.05, 0) is 62.3 Å². The van der Waals surface area contributed by atoms with Crippen molar-refractivity contribution in [1.29, 1.82) is 0 Å². The van der Waals surface area contributed by atoms with E-state index in [1.54, 1.807) is 16.2 Å². The first kappa shape index (κ1) is 25.1. The number of fused-ring (bicyclic) bond motifs is 1. The van der Waals surface area contributed by atoms with Crippen LogP contribution >= 0.6 is 11.3 Å². The molecule has 1 aliphatic rings. The maximum atomic E-state index is 13.5. The summed E-state index contributed by atoms with van der Waals surface area (Å²) in [6, 6.07) is 9.75. The highest BCUT2D eigenvalue weighted by Crippen LogP contribution is 2.34. The molecule has 180 valence electrons. The lowest BCUT2D eigenvalue weighted by atomic mass is 10.00. The maximum Gasteiger partial charge on any atom is 0.318 e. The number of hydrogen-bond donors (Lipinski definition) is 1. The summed E-state index contributed by atoms with van der Waals surface area (Å²) in [7, 11) is 0. The van der Waals surface area contributed by atoms with Gasteiger partial charge in [-0.1, -0.05) is 38.0 Å². The zero-order chi connectivity index (χ0) is 24.0. The standard InChI is InChI=1S/C26H37N3O3S/c1-6-19(4)15-28(26(31)27-18(2)3)16-25(30)29-13-11-24-22(12-14-33-24)23(29)17-32-21-9-7-20(5)8-10-21/h7-10,12,14,18-19,23H,6,11,13,15-17H2,1-5H3,(H,27,31)/t19-,23+/m1/s1. The van der Waals surface area contributed by atoms with Gasteiger partial charge in [-0.25, -0.2) is 4.79 Å². The molecule has 0 spiro atoms. The maximum absolute atomic E-state index is 13.5. The number of nitrogens with zero attached hydrogens (tertiary/aromatic N) is 2. The molecule has 0 aliphatic carbocycles. The number of hydrogen-bond acceptors (Lipinski definition) is 4. The number of carbonyl (C=O) groups is 2. The molecular formula is C26H37N3O3S. The number of urea groups is 1. The highest BCUT2D eigenvalue weighted by molar-refractivity contribution is 7.10. The lowest BCUT2D eigenvalue weighted by Gasteiger charge is -2.37. The Hall–Kier alpha value is -2.54. The molecule has 7 heteroatoms. The number of benzene rings is 1. The summed E-state index contributed by atoms with van der Waals surface area (Å²) >= 11 is 1.74. The Labute approximate surface area is 201 Å². The summed E-state index contributed by atoms with van der Waals surface area (Å²) < 4.78 is 6.11. The summed E-state index contributed by atoms with van der Waals surface area (Å²) in [6.07, 6.45) is 1.79. The van der Waals surface area contributed by atoms with Crippen molar-refractivity contribution in [2.24, 2.45) is 5.92 Å². The Bertz CT molecular complexity index is 925. The highest BCUT2D eigenvalue weighted by atomic mass is 32.1. The van der Waals surface area contributed by atoms with Crippen molar-refractivity contribution in [3.05, 3.63) is 51.7 Å². The number of rotatable bonds is 9. The number of thiophene rings is 1. The molecule has 0 radical (unpaired) electrons. The van der Waals surface area contributed by atoms with Crippen molar-refractivity contribution < 1.29 is 14.3 Å². The molecule has 2 aromatic rings. The topological polar surface area (TPSA) is 61.9 Å². The third-order valence-electron chi connectivity index (χ3n) is 6.10. The van der Waals surface area contributed by atoms with Gasteiger partial charge in [-0.15, -0.1) is 11.3 Å². The van der Waals surface area contributed by atoms with E-state index in [-0.39, 0.29) is 30.6 Å². The Morgan fingerprint density at radius 2 is 1.94 bits per heavy atom. The van der Waals surface area contributed by atoms with E-state index < -0.39 is 0 Å². The minimum absolute atomic E-state index is 0.0195. The van der Waals surface area contributed by atoms with Gasteiger partial charge in [-0.2, -0.15) is 0 Å². The van der Waals surface area contributed by atoms with Crippen LogP contribution in [-0.4, -0.2) is 54.0 Å². The van der Waals surface area contributed by atoms with Crippen molar-refractivity contribution in [1.82, 2.24) is 15.1 Å². The van der Waals surface area contributed by atoms with Crippen LogP contribution in [0.1, 0.15) is 56.2 Å². The second-order valence-corrected chi connectivity index (χ2v) is 10.3. The van der Waals surface area contributed by atoms with Gasteiger partial charge in [0.2, 0.25) is 5.91 Å². The van der Waals surface area contributed by atoms with Gasteiger partial charge in [-0.3, -0.25) is 4.79 Å². The van der Waals surface area contributed by atoms with E-state index in [1.807, 2.05) is 49.9 Å². The van der Waals surface area contributed by atoms with E-state index in [2.05, 4.69) is 30.6 Å². The second-order valence-electron chi connectivity index (χ2n) is 9.27. The van der Waals surface area contributed by atoms with Crippen LogP contribution in [0.4, 0.5) is 4.79 Å². The molecule has 3 amide bonds. The number of amides is 3. The number of nitrogens with one attached hydrogen (secondary N) is 1. The molecule has 6 nitrogen and oxygen atoms in total. The van der Waals surface area contributed by atoms with E-state index in [4.69, 9.17) is 4.74 Å². The van der Waals surface area contributed by atoms with Crippen LogP contribution in [0.15, 0.2) is 35.7 Å². The molecular weight excluding hydrogens is 434 g/mol. The van der Waals surface area contributed by atoms with Crippen LogP contribution in [0.25, 0.3) is 0 Å². The average Bonchev–Trinajstić information content (AvgIpc) is 3.26. The third kappa shape index (κ3) is 6.73. The predicted octanol–water partition coefficient (Wildman–Crippen LogP) is 5.03. The van der Waals surface area contributed by atoms with E-state index in [0.717, 1.165) is 24.2 Å². The third-order valence-corrected chi connectivity index (χ3v) is 7.10. The Balaban J connectivity index is 1.76. The van der Waals surface area contributed by atoms with Gasteiger partial charge in [0, 0.05) is 24.0 Å². The lowest BCUT2D eigenvalue weighted by Crippen LogP contribution is -2.51. The van der Waals surface area contributed by atoms with Crippen LogP contribution in [-0.2, 0) is 11.2 Å². The van der Waals surface area contributed by atoms with Crippen molar-refractivity contribution in [3.63, 3.8) is 0 Å². The lowest BCUT2D eigenvalue weighted by molar-refractivity contribution is -0.135. The summed E-state index contributed by atoms with van der Waals surface area (Å²) in [5.41, 5.74) is 2.34. The van der Waals surface area contributed by atoms with Crippen LogP contribution in [0.3, 0.4) is 0 Å². The monoisotopic (exact) mass is 471 g/mol. The molecule has 1 aromatic heterocycles. The molecule has 1 aliphatic heterocycles. The van der Waals surface area contributed by atoms with Crippen LogP contribution < -0.4 is 10.1 Å². The number of ether oxygens (including phenoxy) is 1. The molecule has 33 heavy (non-hydrogen) atoms. The van der Waals surface area contributed by atoms with Crippen molar-refractivity contribution in [3.8, 4) is 5.75 Å². The first-order chi connectivity index (χ1) is 15.8. The summed E-state index contributed by atoms with van der Waals surface area (Å²) in [5, 5.41) is 5.03. The van der Waals surface area contributed by atoms with E-state index >= 15 is 0 Å². The fourth-order valence-electron chi connectivity index (χ4n) is 4.00. The molecule has 0 bridgehead atoms. The smallest absolute Gasteiger partial charge is 0.318 e. The van der Waals surface area contributed by atoms with Crippen molar-refractivity contribution >= 4 is 23.3 Å². The second kappa shape index (κ2) is 11.5. The Morgan fingerprint density at radius 3 is 2.61 bits per heavy atom. The molecule has 0 unspecified atom stereocenters. The summed E-state index contributed by atoms with van der Waals surface area (Å²) in [4.78, 5) is 31.2. The summed E-state index contributed by atoms with van der Waals surface area (Å²) in [5.74, 6) is 1.08. The van der Waals surface area contributed by atoms with E-state index in [0.29, 0.717) is 25.6 Å². The zero-order valence-electron chi connectivity index (χ0n) is 20.5. The fourth-order valence-corrected chi connectivity index (χ4v) is 4.93. The summed E-state index contributed by atoms with van der Waals surface area (Å²) in [6.45, 7) is 11.8. The fraction of sp³-hybridized carbons (Fsp3) is 0.538. The molecule has 1 N–H and O–H groups in total. The first-order valence-electron chi connectivity index (χ1n) is 11.9. The van der Waals surface area contributed by atoms with Crippen LogP contribution in [0, 0.1) is 12.8 Å². The molecule has 2 atom stereocenters. The van der Waals surface area contributed by atoms with Gasteiger partial charge in [0.15, 0.2) is 0 Å². The van der Waals surface area contributed by atoms with Gasteiger partial charge < -0.3 is 19.9 Å². The molecule has 0 saturated heterocycles. The number of carbonyl (C=O) groups excluding carboxylic acids is 2. The van der Waals surface area contributed by atoms with Crippen LogP contribution in [0.5, 0.6) is 5.75 Å². The largest absolute Gasteiger partial charge is 0.491 e. The molecule has 3 rings (SSSR count). The van der Waals surface area contributed by atoms with E-state index in [1.165, 1.54) is 10.4 Å². The highest BCUT2D eigenvalue weighted by Gasteiger charge is 2.33. The molecule has 0 fully saturated rings. The van der Waals surface area contributed by atoms with Crippen molar-refractivity contribution in [2.45, 2.75) is 59.5 Å². The predicted molar refractivity (Wildman–Crippen MR) is 134 cm³/mol. The normalized spacial score (nSPS) is 16.3. The minimum atomic E-state index is -0.181. The quantitative estimate of drug-likeness (QED) is 0.558. The Kier molecular flexibility index (Phi) is 8.78. The van der Waals surface area contributed by atoms with Gasteiger partial charge in [0.05, 0.1) is 6.04 Å². The van der Waals surface area contributed by atoms with Gasteiger partial charge in [0.1, 0.15) is 18.9 Å². The van der Waals surface area contributed by atoms with E-state index in [9.17, 15) is 9.59 Å².